The number of carbonyl (C=O) groups is 1. The molecule has 2 unspecified atom stereocenters. The van der Waals surface area contributed by atoms with Gasteiger partial charge < -0.3 is 11.1 Å². The maximum Gasteiger partial charge on any atom is 0.244 e. The summed E-state index contributed by atoms with van der Waals surface area (Å²) in [6.07, 6.45) is 8.71. The van der Waals surface area contributed by atoms with Crippen LogP contribution in [-0.4, -0.2) is 18.0 Å². The van der Waals surface area contributed by atoms with Crippen LogP contribution in [-0.2, 0) is 4.79 Å². The van der Waals surface area contributed by atoms with Crippen LogP contribution in [0.1, 0.15) is 38.5 Å². The lowest BCUT2D eigenvalue weighted by molar-refractivity contribution is -0.116. The van der Waals surface area contributed by atoms with Crippen LogP contribution < -0.4 is 11.1 Å². The van der Waals surface area contributed by atoms with E-state index in [-0.39, 0.29) is 30.4 Å². The van der Waals surface area contributed by atoms with Gasteiger partial charge in [0.2, 0.25) is 5.91 Å². The van der Waals surface area contributed by atoms with Crippen molar-refractivity contribution in [3.05, 3.63) is 11.6 Å². The first-order valence-corrected chi connectivity index (χ1v) is 5.51. The number of allylic oxidation sites excluding steroid dienone is 1. The summed E-state index contributed by atoms with van der Waals surface area (Å²) in [6, 6.07) is 0.437. The van der Waals surface area contributed by atoms with Gasteiger partial charge in [0.15, 0.2) is 0 Å². The Balaban J connectivity index is 0.00000112. The van der Waals surface area contributed by atoms with E-state index in [0.717, 1.165) is 19.3 Å². The number of hydrogen-bond acceptors (Lipinski definition) is 2. The van der Waals surface area contributed by atoms with Gasteiger partial charge in [0, 0.05) is 18.2 Å². The van der Waals surface area contributed by atoms with Crippen LogP contribution >= 0.6 is 12.4 Å². The highest BCUT2D eigenvalue weighted by Crippen LogP contribution is 2.23. The zero-order valence-corrected chi connectivity index (χ0v) is 9.69. The monoisotopic (exact) mass is 230 g/mol. The molecular weight excluding hydrogens is 212 g/mol. The highest BCUT2D eigenvalue weighted by atomic mass is 35.5. The molecule has 0 aliphatic heterocycles. The highest BCUT2D eigenvalue weighted by molar-refractivity contribution is 5.88. The van der Waals surface area contributed by atoms with E-state index < -0.39 is 0 Å². The first-order chi connectivity index (χ1) is 6.75. The Bertz CT molecular complexity index is 257. The first-order valence-electron chi connectivity index (χ1n) is 5.51. The first kappa shape index (κ1) is 12.5. The smallest absolute Gasteiger partial charge is 0.244 e. The van der Waals surface area contributed by atoms with E-state index in [1.54, 1.807) is 6.08 Å². The summed E-state index contributed by atoms with van der Waals surface area (Å²) in [7, 11) is 0. The fraction of sp³-hybridized carbons (Fsp3) is 0.727. The molecule has 1 amide bonds. The fourth-order valence-electron chi connectivity index (χ4n) is 1.94. The molecule has 0 heterocycles. The Labute approximate surface area is 96.9 Å². The molecule has 0 aromatic rings. The van der Waals surface area contributed by atoms with Crippen molar-refractivity contribution in [3.8, 4) is 0 Å². The maximum atomic E-state index is 11.5. The summed E-state index contributed by atoms with van der Waals surface area (Å²) in [5.74, 6) is 0.0554. The summed E-state index contributed by atoms with van der Waals surface area (Å²) < 4.78 is 0. The zero-order valence-electron chi connectivity index (χ0n) is 8.87. The zero-order chi connectivity index (χ0) is 9.97. The number of nitrogens with one attached hydrogen (secondary N) is 1. The van der Waals surface area contributed by atoms with Crippen molar-refractivity contribution in [2.24, 2.45) is 5.73 Å². The standard InChI is InChI=1S/C11H18N2O.ClH/c12-9-7-10(9)13-11(14)6-8-4-2-1-3-5-8;/h6,9-10H,1-5,7,12H2,(H,13,14);1H. The Morgan fingerprint density at radius 3 is 2.47 bits per heavy atom. The van der Waals surface area contributed by atoms with E-state index in [1.165, 1.54) is 24.8 Å². The molecule has 0 aromatic carbocycles. The minimum Gasteiger partial charge on any atom is -0.348 e. The molecule has 4 heteroatoms. The lowest BCUT2D eigenvalue weighted by Gasteiger charge is -2.13. The van der Waals surface area contributed by atoms with Gasteiger partial charge in [0.1, 0.15) is 0 Å². The van der Waals surface area contributed by atoms with Crippen molar-refractivity contribution < 1.29 is 4.79 Å². The number of carbonyl (C=O) groups excluding carboxylic acids is 1. The molecule has 2 rings (SSSR count). The maximum absolute atomic E-state index is 11.5. The lowest BCUT2D eigenvalue weighted by Crippen LogP contribution is -2.28. The van der Waals surface area contributed by atoms with Gasteiger partial charge >= 0.3 is 0 Å². The average molecular weight is 231 g/mol. The van der Waals surface area contributed by atoms with Crippen LogP contribution in [0.5, 0.6) is 0 Å². The van der Waals surface area contributed by atoms with Crippen LogP contribution in [0.15, 0.2) is 11.6 Å². The minimum absolute atomic E-state index is 0. The van der Waals surface area contributed by atoms with Crippen molar-refractivity contribution in [2.45, 2.75) is 50.6 Å². The van der Waals surface area contributed by atoms with Gasteiger partial charge in [-0.3, -0.25) is 4.79 Å². The summed E-state index contributed by atoms with van der Waals surface area (Å²) >= 11 is 0. The topological polar surface area (TPSA) is 55.1 Å². The summed E-state index contributed by atoms with van der Waals surface area (Å²) in [6.45, 7) is 0. The van der Waals surface area contributed by atoms with Crippen molar-refractivity contribution >= 4 is 18.3 Å². The minimum atomic E-state index is 0. The van der Waals surface area contributed by atoms with Gasteiger partial charge in [-0.15, -0.1) is 12.4 Å². The molecule has 0 bridgehead atoms. The molecule has 0 aromatic heterocycles. The molecule has 0 saturated heterocycles. The normalized spacial score (nSPS) is 29.0. The van der Waals surface area contributed by atoms with Crippen molar-refractivity contribution in [1.82, 2.24) is 5.32 Å². The molecule has 2 saturated carbocycles. The van der Waals surface area contributed by atoms with E-state index in [9.17, 15) is 4.79 Å². The largest absolute Gasteiger partial charge is 0.348 e. The molecule has 0 spiro atoms. The number of hydrogen-bond donors (Lipinski definition) is 2. The van der Waals surface area contributed by atoms with E-state index >= 15 is 0 Å². The third-order valence-corrected chi connectivity index (χ3v) is 3.00. The molecule has 3 N–H and O–H groups in total. The molecule has 2 aliphatic rings. The molecule has 2 aliphatic carbocycles. The number of nitrogens with two attached hydrogens (primary N) is 1. The predicted molar refractivity (Wildman–Crippen MR) is 62.9 cm³/mol. The average Bonchev–Trinajstić information content (AvgIpc) is 2.83. The van der Waals surface area contributed by atoms with Gasteiger partial charge in [0.25, 0.3) is 0 Å². The highest BCUT2D eigenvalue weighted by Gasteiger charge is 2.34. The van der Waals surface area contributed by atoms with E-state index in [2.05, 4.69) is 5.32 Å². The second kappa shape index (κ2) is 5.52. The SMILES string of the molecule is Cl.NC1CC1NC(=O)C=C1CCCCC1. The Morgan fingerprint density at radius 2 is 1.93 bits per heavy atom. The number of rotatable bonds is 2. The Hall–Kier alpha value is -0.540. The number of halogens is 1. The summed E-state index contributed by atoms with van der Waals surface area (Å²) in [5.41, 5.74) is 6.92. The molecule has 2 atom stereocenters. The lowest BCUT2D eigenvalue weighted by atomic mass is 9.95. The second-order valence-electron chi connectivity index (χ2n) is 4.38. The van der Waals surface area contributed by atoms with Gasteiger partial charge in [0.05, 0.1) is 0 Å². The van der Waals surface area contributed by atoms with Crippen molar-refractivity contribution in [1.29, 1.82) is 0 Å². The fourth-order valence-corrected chi connectivity index (χ4v) is 1.94. The van der Waals surface area contributed by atoms with Gasteiger partial charge in [-0.2, -0.15) is 0 Å². The third-order valence-electron chi connectivity index (χ3n) is 3.00. The Kier molecular flexibility index (Phi) is 4.61. The second-order valence-corrected chi connectivity index (χ2v) is 4.38. The van der Waals surface area contributed by atoms with Crippen LogP contribution in [0.2, 0.25) is 0 Å². The van der Waals surface area contributed by atoms with Crippen molar-refractivity contribution in [3.63, 3.8) is 0 Å². The van der Waals surface area contributed by atoms with Gasteiger partial charge in [-0.1, -0.05) is 12.0 Å². The Morgan fingerprint density at radius 1 is 1.33 bits per heavy atom. The molecule has 0 radical (unpaired) electrons. The van der Waals surface area contributed by atoms with Crippen molar-refractivity contribution in [2.75, 3.05) is 0 Å². The van der Waals surface area contributed by atoms with Crippen LogP contribution in [0.25, 0.3) is 0 Å². The van der Waals surface area contributed by atoms with Crippen LogP contribution in [0.3, 0.4) is 0 Å². The third kappa shape index (κ3) is 3.84. The summed E-state index contributed by atoms with van der Waals surface area (Å²) in [5, 5.41) is 2.91. The molecule has 15 heavy (non-hydrogen) atoms. The quantitative estimate of drug-likeness (QED) is 0.707. The molecular formula is C11H19ClN2O. The molecule has 3 nitrogen and oxygen atoms in total. The van der Waals surface area contributed by atoms with Gasteiger partial charge in [-0.05, 0) is 32.1 Å². The van der Waals surface area contributed by atoms with E-state index in [1.807, 2.05) is 0 Å². The number of amides is 1. The molecule has 86 valence electrons. The predicted octanol–water partition coefficient (Wildman–Crippen LogP) is 1.51. The van der Waals surface area contributed by atoms with Crippen LogP contribution in [0, 0.1) is 0 Å². The van der Waals surface area contributed by atoms with Gasteiger partial charge in [-0.25, -0.2) is 0 Å². The van der Waals surface area contributed by atoms with E-state index in [4.69, 9.17) is 5.73 Å². The van der Waals surface area contributed by atoms with Crippen LogP contribution in [0.4, 0.5) is 0 Å². The summed E-state index contributed by atoms with van der Waals surface area (Å²) in [4.78, 5) is 11.5. The van der Waals surface area contributed by atoms with E-state index in [0.29, 0.717) is 0 Å². The molecule has 2 fully saturated rings.